The highest BCUT2D eigenvalue weighted by Gasteiger charge is 2.10. The molecule has 0 aromatic heterocycles. The minimum atomic E-state index is -1.27. The lowest BCUT2D eigenvalue weighted by Gasteiger charge is -2.05. The summed E-state index contributed by atoms with van der Waals surface area (Å²) in [6, 6.07) is 13.7. The van der Waals surface area contributed by atoms with Gasteiger partial charge in [0.1, 0.15) is 5.82 Å². The minimum absolute atomic E-state index is 0.321. The van der Waals surface area contributed by atoms with Gasteiger partial charge in [0.05, 0.1) is 18.1 Å². The first-order valence-corrected chi connectivity index (χ1v) is 6.92. The number of carbonyl (C=O) groups is 1. The number of halogens is 1. The molecule has 0 amide bonds. The molecule has 0 unspecified atom stereocenters. The van der Waals surface area contributed by atoms with E-state index < -0.39 is 11.8 Å². The van der Waals surface area contributed by atoms with Gasteiger partial charge in [-0.2, -0.15) is 0 Å². The van der Waals surface area contributed by atoms with Gasteiger partial charge in [0.15, 0.2) is 0 Å². The number of hydrogen-bond donors (Lipinski definition) is 1. The van der Waals surface area contributed by atoms with Gasteiger partial charge < -0.3 is 9.84 Å². The van der Waals surface area contributed by atoms with E-state index in [1.165, 1.54) is 23.9 Å². The Bertz CT molecular complexity index is 587. The topological polar surface area (TPSA) is 46.5 Å². The molecule has 0 fully saturated rings. The molecular formula is C15H13FO3S. The summed E-state index contributed by atoms with van der Waals surface area (Å²) >= 11 is 1.33. The Morgan fingerprint density at radius 1 is 1.20 bits per heavy atom. The summed E-state index contributed by atoms with van der Waals surface area (Å²) in [5.74, 6) is -1.62. The quantitative estimate of drug-likeness (QED) is 0.500. The molecule has 2 aromatic carbocycles. The number of aromatic carboxylic acids is 1. The van der Waals surface area contributed by atoms with Gasteiger partial charge in [0.2, 0.25) is 0 Å². The summed E-state index contributed by atoms with van der Waals surface area (Å²) in [5, 5.41) is 8.83. The summed E-state index contributed by atoms with van der Waals surface area (Å²) in [7, 11) is 0. The Labute approximate surface area is 120 Å². The van der Waals surface area contributed by atoms with Gasteiger partial charge in [-0.25, -0.2) is 9.18 Å². The predicted octanol–water partition coefficient (Wildman–Crippen LogP) is 3.79. The van der Waals surface area contributed by atoms with Crippen LogP contribution in [0.4, 0.5) is 4.39 Å². The molecule has 0 atom stereocenters. The first-order valence-electron chi connectivity index (χ1n) is 5.94. The molecule has 0 aliphatic heterocycles. The van der Waals surface area contributed by atoms with E-state index in [4.69, 9.17) is 9.84 Å². The zero-order chi connectivity index (χ0) is 14.4. The molecule has 5 heteroatoms. The lowest BCUT2D eigenvalue weighted by Crippen LogP contribution is -2.00. The molecule has 0 aliphatic rings. The largest absolute Gasteiger partial charge is 0.478 e. The standard InChI is InChI=1S/C15H13FO3S/c16-14-7-6-12(8-13(14)15(17)18)20-10-19-9-11-4-2-1-3-5-11/h1-8H,9-10H2,(H,17,18). The molecule has 0 bridgehead atoms. The number of ether oxygens (including phenoxy) is 1. The number of carboxylic acids is 1. The summed E-state index contributed by atoms with van der Waals surface area (Å²) in [4.78, 5) is 11.5. The lowest BCUT2D eigenvalue weighted by atomic mass is 10.2. The van der Waals surface area contributed by atoms with E-state index in [0.29, 0.717) is 17.4 Å². The summed E-state index contributed by atoms with van der Waals surface area (Å²) in [6.45, 7) is 0.487. The van der Waals surface area contributed by atoms with Crippen molar-refractivity contribution in [3.8, 4) is 0 Å². The minimum Gasteiger partial charge on any atom is -0.478 e. The molecule has 0 radical (unpaired) electrons. The van der Waals surface area contributed by atoms with Crippen LogP contribution in [-0.2, 0) is 11.3 Å². The van der Waals surface area contributed by atoms with Crippen molar-refractivity contribution in [1.82, 2.24) is 0 Å². The van der Waals surface area contributed by atoms with Crippen LogP contribution in [-0.4, -0.2) is 17.0 Å². The second kappa shape index (κ2) is 7.07. The van der Waals surface area contributed by atoms with Crippen molar-refractivity contribution in [2.75, 3.05) is 5.94 Å². The molecule has 0 saturated heterocycles. The summed E-state index contributed by atoms with van der Waals surface area (Å²) < 4.78 is 18.7. The first kappa shape index (κ1) is 14.6. The maximum absolute atomic E-state index is 13.2. The average Bonchev–Trinajstić information content (AvgIpc) is 2.46. The van der Waals surface area contributed by atoms with E-state index in [1.807, 2.05) is 30.3 Å². The van der Waals surface area contributed by atoms with E-state index in [2.05, 4.69) is 0 Å². The van der Waals surface area contributed by atoms with E-state index in [1.54, 1.807) is 0 Å². The second-order valence-electron chi connectivity index (χ2n) is 4.04. The van der Waals surface area contributed by atoms with Gasteiger partial charge in [-0.3, -0.25) is 0 Å². The molecule has 3 nitrogen and oxygen atoms in total. The number of hydrogen-bond acceptors (Lipinski definition) is 3. The van der Waals surface area contributed by atoms with Crippen LogP contribution in [0.25, 0.3) is 0 Å². The van der Waals surface area contributed by atoms with Crippen LogP contribution in [0.15, 0.2) is 53.4 Å². The van der Waals surface area contributed by atoms with Crippen LogP contribution < -0.4 is 0 Å². The van der Waals surface area contributed by atoms with Crippen LogP contribution >= 0.6 is 11.8 Å². The van der Waals surface area contributed by atoms with E-state index in [0.717, 1.165) is 11.6 Å². The first-order chi connectivity index (χ1) is 9.66. The van der Waals surface area contributed by atoms with Crippen LogP contribution in [0.1, 0.15) is 15.9 Å². The highest BCUT2D eigenvalue weighted by Crippen LogP contribution is 2.21. The Morgan fingerprint density at radius 3 is 2.65 bits per heavy atom. The van der Waals surface area contributed by atoms with Crippen LogP contribution in [0, 0.1) is 5.82 Å². The van der Waals surface area contributed by atoms with Gasteiger partial charge in [-0.05, 0) is 23.8 Å². The molecule has 0 spiro atoms. The van der Waals surface area contributed by atoms with Crippen molar-refractivity contribution in [3.05, 3.63) is 65.5 Å². The van der Waals surface area contributed by atoms with Crippen molar-refractivity contribution in [2.24, 2.45) is 0 Å². The molecule has 2 rings (SSSR count). The maximum Gasteiger partial charge on any atom is 0.338 e. The highest BCUT2D eigenvalue weighted by molar-refractivity contribution is 7.99. The van der Waals surface area contributed by atoms with Gasteiger partial charge in [0, 0.05) is 4.90 Å². The van der Waals surface area contributed by atoms with Crippen molar-refractivity contribution >= 4 is 17.7 Å². The van der Waals surface area contributed by atoms with Crippen LogP contribution in [0.3, 0.4) is 0 Å². The third kappa shape index (κ3) is 4.08. The smallest absolute Gasteiger partial charge is 0.338 e. The molecule has 2 aromatic rings. The third-order valence-electron chi connectivity index (χ3n) is 2.59. The van der Waals surface area contributed by atoms with Gasteiger partial charge in [-0.1, -0.05) is 42.1 Å². The Balaban J connectivity index is 1.85. The number of benzene rings is 2. The SMILES string of the molecule is O=C(O)c1cc(SCOCc2ccccc2)ccc1F. The van der Waals surface area contributed by atoms with E-state index in [9.17, 15) is 9.18 Å². The van der Waals surface area contributed by atoms with Crippen LogP contribution in [0.2, 0.25) is 0 Å². The van der Waals surface area contributed by atoms with Crippen molar-refractivity contribution < 1.29 is 19.0 Å². The fraction of sp³-hybridized carbons (Fsp3) is 0.133. The predicted molar refractivity (Wildman–Crippen MR) is 75.3 cm³/mol. The zero-order valence-electron chi connectivity index (χ0n) is 10.6. The monoisotopic (exact) mass is 292 g/mol. The lowest BCUT2D eigenvalue weighted by molar-refractivity contribution is 0.0691. The van der Waals surface area contributed by atoms with Crippen LogP contribution in [0.5, 0.6) is 0 Å². The maximum atomic E-state index is 13.2. The molecular weight excluding hydrogens is 279 g/mol. The van der Waals surface area contributed by atoms with Crippen molar-refractivity contribution in [1.29, 1.82) is 0 Å². The van der Waals surface area contributed by atoms with Gasteiger partial charge in [-0.15, -0.1) is 0 Å². The fourth-order valence-electron chi connectivity index (χ4n) is 1.60. The molecule has 104 valence electrons. The van der Waals surface area contributed by atoms with E-state index >= 15 is 0 Å². The average molecular weight is 292 g/mol. The molecule has 20 heavy (non-hydrogen) atoms. The Kier molecular flexibility index (Phi) is 5.15. The molecule has 1 N–H and O–H groups in total. The zero-order valence-corrected chi connectivity index (χ0v) is 11.4. The summed E-state index contributed by atoms with van der Waals surface area (Å²) in [6.07, 6.45) is 0. The van der Waals surface area contributed by atoms with Gasteiger partial charge >= 0.3 is 5.97 Å². The Morgan fingerprint density at radius 2 is 1.95 bits per heavy atom. The number of carboxylic acid groups (broad SMARTS) is 1. The number of rotatable bonds is 6. The molecule has 0 aliphatic carbocycles. The Hall–Kier alpha value is -1.85. The summed E-state index contributed by atoms with van der Waals surface area (Å²) in [5.41, 5.74) is 0.747. The second-order valence-corrected chi connectivity index (χ2v) is 5.04. The van der Waals surface area contributed by atoms with Gasteiger partial charge in [0.25, 0.3) is 0 Å². The fourth-order valence-corrected chi connectivity index (χ4v) is 2.27. The molecule has 0 saturated carbocycles. The van der Waals surface area contributed by atoms with Crippen molar-refractivity contribution in [3.63, 3.8) is 0 Å². The van der Waals surface area contributed by atoms with Crippen molar-refractivity contribution in [2.45, 2.75) is 11.5 Å². The number of thioether (sulfide) groups is 1. The highest BCUT2D eigenvalue weighted by atomic mass is 32.2. The third-order valence-corrected chi connectivity index (χ3v) is 3.46. The van der Waals surface area contributed by atoms with E-state index in [-0.39, 0.29) is 5.56 Å². The molecule has 0 heterocycles. The normalized spacial score (nSPS) is 10.4.